The highest BCUT2D eigenvalue weighted by Gasteiger charge is 2.43. The normalized spacial score (nSPS) is 12.9. The topological polar surface area (TPSA) is 102 Å². The Morgan fingerprint density at radius 2 is 1.71 bits per heavy atom. The van der Waals surface area contributed by atoms with Gasteiger partial charge in [0.05, 0.1) is 12.7 Å². The standard InChI is InChI=1S/C31H28F2N4O5/c1-37(16-14-20-7-10-23(40-2)11-8-20)30(39)26-17-21(13-15-34-26)19-35-25-6-4-3-5-24(25)29(38)36-22-9-12-27-28(18-22)42-31(32,33)41-27/h3-13,15,17-18,35H,14,16,19H2,1-2H3,(H,36,38). The van der Waals surface area contributed by atoms with Crippen molar-refractivity contribution in [2.24, 2.45) is 0 Å². The molecule has 0 saturated carbocycles. The first-order valence-electron chi connectivity index (χ1n) is 13.1. The van der Waals surface area contributed by atoms with E-state index in [2.05, 4.69) is 25.1 Å². The number of likely N-dealkylation sites (N-methyl/N-ethyl adjacent to an activating group) is 1. The highest BCUT2D eigenvalue weighted by Crippen LogP contribution is 2.42. The average molecular weight is 575 g/mol. The Labute approximate surface area is 241 Å². The molecule has 0 saturated heterocycles. The molecule has 1 aromatic heterocycles. The minimum Gasteiger partial charge on any atom is -0.497 e. The van der Waals surface area contributed by atoms with E-state index in [1.807, 2.05) is 24.3 Å². The number of anilines is 2. The smallest absolute Gasteiger partial charge is 0.497 e. The van der Waals surface area contributed by atoms with Crippen molar-refractivity contribution < 1.29 is 32.6 Å². The second-order valence-electron chi connectivity index (χ2n) is 9.56. The number of benzene rings is 3. The number of halogens is 2. The van der Waals surface area contributed by atoms with E-state index in [9.17, 15) is 18.4 Å². The molecule has 42 heavy (non-hydrogen) atoms. The van der Waals surface area contributed by atoms with Crippen LogP contribution in [0.5, 0.6) is 17.2 Å². The summed E-state index contributed by atoms with van der Waals surface area (Å²) in [5.74, 6) is -0.155. The van der Waals surface area contributed by atoms with Gasteiger partial charge >= 0.3 is 6.29 Å². The number of carbonyl (C=O) groups is 2. The number of ether oxygens (including phenoxy) is 3. The van der Waals surface area contributed by atoms with Gasteiger partial charge in [0.1, 0.15) is 11.4 Å². The summed E-state index contributed by atoms with van der Waals surface area (Å²) < 4.78 is 40.7. The van der Waals surface area contributed by atoms with Crippen molar-refractivity contribution in [1.82, 2.24) is 9.88 Å². The lowest BCUT2D eigenvalue weighted by Crippen LogP contribution is -2.29. The van der Waals surface area contributed by atoms with Gasteiger partial charge in [-0.3, -0.25) is 14.6 Å². The van der Waals surface area contributed by atoms with Crippen molar-refractivity contribution in [3.63, 3.8) is 0 Å². The molecule has 216 valence electrons. The second-order valence-corrected chi connectivity index (χ2v) is 9.56. The Bertz CT molecular complexity index is 1600. The fraction of sp³-hybridized carbons (Fsp3) is 0.194. The first-order valence-corrected chi connectivity index (χ1v) is 13.1. The van der Waals surface area contributed by atoms with Crippen molar-refractivity contribution in [2.45, 2.75) is 19.3 Å². The molecule has 1 aliphatic heterocycles. The molecule has 2 heterocycles. The third-order valence-corrected chi connectivity index (χ3v) is 6.60. The highest BCUT2D eigenvalue weighted by molar-refractivity contribution is 6.08. The van der Waals surface area contributed by atoms with Crippen LogP contribution in [-0.2, 0) is 13.0 Å². The van der Waals surface area contributed by atoms with Crippen molar-refractivity contribution >= 4 is 23.2 Å². The number of alkyl halides is 2. The number of nitrogens with one attached hydrogen (secondary N) is 2. The molecule has 0 aliphatic carbocycles. The Morgan fingerprint density at radius 3 is 2.50 bits per heavy atom. The van der Waals surface area contributed by atoms with E-state index >= 15 is 0 Å². The van der Waals surface area contributed by atoms with Crippen LogP contribution in [0.25, 0.3) is 0 Å². The molecule has 1 aliphatic rings. The molecule has 5 rings (SSSR count). The molecular weight excluding hydrogens is 546 g/mol. The summed E-state index contributed by atoms with van der Waals surface area (Å²) in [5, 5.41) is 5.93. The van der Waals surface area contributed by atoms with Gasteiger partial charge in [0.2, 0.25) is 0 Å². The molecule has 2 amide bonds. The molecule has 11 heteroatoms. The summed E-state index contributed by atoms with van der Waals surface area (Å²) in [5.41, 5.74) is 3.34. The molecule has 0 fully saturated rings. The zero-order chi connectivity index (χ0) is 29.7. The first-order chi connectivity index (χ1) is 20.2. The summed E-state index contributed by atoms with van der Waals surface area (Å²) in [6.45, 7) is 0.839. The van der Waals surface area contributed by atoms with Gasteiger partial charge in [-0.25, -0.2) is 0 Å². The summed E-state index contributed by atoms with van der Waals surface area (Å²) in [6, 6.07) is 22.1. The maximum Gasteiger partial charge on any atom is 0.586 e. The van der Waals surface area contributed by atoms with Crippen molar-refractivity contribution in [3.8, 4) is 17.2 Å². The van der Waals surface area contributed by atoms with Crippen LogP contribution in [-0.4, -0.2) is 48.7 Å². The Balaban J connectivity index is 1.20. The predicted molar refractivity (Wildman–Crippen MR) is 152 cm³/mol. The van der Waals surface area contributed by atoms with Crippen molar-refractivity contribution in [3.05, 3.63) is 107 Å². The first kappa shape index (κ1) is 28.3. The van der Waals surface area contributed by atoms with Crippen LogP contribution in [0.4, 0.5) is 20.2 Å². The minimum atomic E-state index is -3.74. The van der Waals surface area contributed by atoms with E-state index in [0.29, 0.717) is 36.5 Å². The molecular formula is C31H28F2N4O5. The number of rotatable bonds is 10. The lowest BCUT2D eigenvalue weighted by molar-refractivity contribution is -0.286. The molecule has 9 nitrogen and oxygen atoms in total. The number of nitrogens with zero attached hydrogens (tertiary/aromatic N) is 2. The van der Waals surface area contributed by atoms with E-state index in [1.54, 1.807) is 61.7 Å². The Hall–Kier alpha value is -5.19. The van der Waals surface area contributed by atoms with Crippen LogP contribution in [0.15, 0.2) is 85.1 Å². The van der Waals surface area contributed by atoms with Gasteiger partial charge in [-0.2, -0.15) is 0 Å². The van der Waals surface area contributed by atoms with Gasteiger partial charge in [0, 0.05) is 43.8 Å². The van der Waals surface area contributed by atoms with Crippen LogP contribution in [0.2, 0.25) is 0 Å². The number of hydrogen-bond donors (Lipinski definition) is 2. The lowest BCUT2D eigenvalue weighted by Gasteiger charge is -2.17. The van der Waals surface area contributed by atoms with E-state index in [1.165, 1.54) is 18.2 Å². The summed E-state index contributed by atoms with van der Waals surface area (Å²) in [7, 11) is 3.35. The van der Waals surface area contributed by atoms with E-state index < -0.39 is 12.2 Å². The third kappa shape index (κ3) is 6.74. The quantitative estimate of drug-likeness (QED) is 0.255. The van der Waals surface area contributed by atoms with Crippen LogP contribution < -0.4 is 24.8 Å². The predicted octanol–water partition coefficient (Wildman–Crippen LogP) is 5.59. The number of para-hydroxylation sites is 1. The summed E-state index contributed by atoms with van der Waals surface area (Å²) in [4.78, 5) is 32.0. The zero-order valence-corrected chi connectivity index (χ0v) is 22.9. The second kappa shape index (κ2) is 12.1. The number of carbonyl (C=O) groups excluding carboxylic acids is 2. The van der Waals surface area contributed by atoms with Crippen LogP contribution in [0.3, 0.4) is 0 Å². The Morgan fingerprint density at radius 1 is 0.952 bits per heavy atom. The third-order valence-electron chi connectivity index (χ3n) is 6.60. The van der Waals surface area contributed by atoms with Gasteiger partial charge < -0.3 is 29.7 Å². The Kier molecular flexibility index (Phi) is 8.19. The highest BCUT2D eigenvalue weighted by atomic mass is 19.3. The zero-order valence-electron chi connectivity index (χ0n) is 22.9. The van der Waals surface area contributed by atoms with E-state index in [4.69, 9.17) is 4.74 Å². The van der Waals surface area contributed by atoms with Gasteiger partial charge in [0.25, 0.3) is 11.8 Å². The molecule has 0 spiro atoms. The minimum absolute atomic E-state index is 0.112. The SMILES string of the molecule is COc1ccc(CCN(C)C(=O)c2cc(CNc3ccccc3C(=O)Nc3ccc4c(c3)OC(F)(F)O4)ccn2)cc1. The molecule has 3 aromatic carbocycles. The van der Waals surface area contributed by atoms with Crippen molar-refractivity contribution in [1.29, 1.82) is 0 Å². The summed E-state index contributed by atoms with van der Waals surface area (Å²) in [6.07, 6.45) is -1.49. The fourth-order valence-corrected chi connectivity index (χ4v) is 4.35. The van der Waals surface area contributed by atoms with Gasteiger partial charge in [-0.05, 0) is 66.1 Å². The van der Waals surface area contributed by atoms with Gasteiger partial charge in [0.15, 0.2) is 11.5 Å². The van der Waals surface area contributed by atoms with Crippen LogP contribution in [0.1, 0.15) is 32.0 Å². The lowest BCUT2D eigenvalue weighted by atomic mass is 10.1. The average Bonchev–Trinajstić information content (AvgIpc) is 3.32. The molecule has 4 aromatic rings. The molecule has 0 radical (unpaired) electrons. The van der Waals surface area contributed by atoms with Crippen LogP contribution in [0, 0.1) is 0 Å². The van der Waals surface area contributed by atoms with Gasteiger partial charge in [-0.1, -0.05) is 24.3 Å². The number of aromatic nitrogens is 1. The number of pyridine rings is 1. The monoisotopic (exact) mass is 574 g/mol. The molecule has 2 N–H and O–H groups in total. The largest absolute Gasteiger partial charge is 0.586 e. The fourth-order valence-electron chi connectivity index (χ4n) is 4.35. The number of amides is 2. The molecule has 0 unspecified atom stereocenters. The number of fused-ring (bicyclic) bond motifs is 1. The van der Waals surface area contributed by atoms with E-state index in [-0.39, 0.29) is 23.1 Å². The molecule has 0 bridgehead atoms. The number of methoxy groups -OCH3 is 1. The van der Waals surface area contributed by atoms with Gasteiger partial charge in [-0.15, -0.1) is 8.78 Å². The number of hydrogen-bond acceptors (Lipinski definition) is 7. The maximum atomic E-state index is 13.3. The molecule has 0 atom stereocenters. The van der Waals surface area contributed by atoms with E-state index in [0.717, 1.165) is 16.9 Å². The van der Waals surface area contributed by atoms with Crippen LogP contribution >= 0.6 is 0 Å². The maximum absolute atomic E-state index is 13.3. The summed E-state index contributed by atoms with van der Waals surface area (Å²) >= 11 is 0. The van der Waals surface area contributed by atoms with Crippen molar-refractivity contribution in [2.75, 3.05) is 31.3 Å².